The van der Waals surface area contributed by atoms with E-state index in [1.807, 2.05) is 35.2 Å². The summed E-state index contributed by atoms with van der Waals surface area (Å²) in [6, 6.07) is 9.20. The molecule has 1 aromatic heterocycles. The minimum atomic E-state index is -0.337. The predicted molar refractivity (Wildman–Crippen MR) is 115 cm³/mol. The van der Waals surface area contributed by atoms with E-state index in [1.54, 1.807) is 6.20 Å². The summed E-state index contributed by atoms with van der Waals surface area (Å²) in [5, 5.41) is 7.42. The number of benzene rings is 1. The fourth-order valence-corrected chi connectivity index (χ4v) is 4.08. The summed E-state index contributed by atoms with van der Waals surface area (Å²) >= 11 is 6.40. The number of piperazine rings is 1. The molecule has 1 unspecified atom stereocenters. The second-order valence-corrected chi connectivity index (χ2v) is 7.98. The normalized spacial score (nSPS) is 19.8. The van der Waals surface area contributed by atoms with Crippen molar-refractivity contribution in [3.8, 4) is 5.69 Å². The first kappa shape index (κ1) is 20.8. The molecule has 2 fully saturated rings. The Hall–Kier alpha value is -2.42. The number of anilines is 1. The molecule has 160 valence electrons. The average molecular weight is 432 g/mol. The van der Waals surface area contributed by atoms with Crippen LogP contribution in [0.1, 0.15) is 12.8 Å². The van der Waals surface area contributed by atoms with Gasteiger partial charge in [-0.2, -0.15) is 9.78 Å². The zero-order chi connectivity index (χ0) is 20.9. The van der Waals surface area contributed by atoms with Crippen molar-refractivity contribution >= 4 is 23.2 Å². The molecule has 2 aliphatic heterocycles. The van der Waals surface area contributed by atoms with Gasteiger partial charge in [0.25, 0.3) is 5.56 Å². The lowest BCUT2D eigenvalue weighted by Gasteiger charge is -2.35. The lowest BCUT2D eigenvalue weighted by molar-refractivity contribution is -0.122. The summed E-state index contributed by atoms with van der Waals surface area (Å²) in [6.07, 6.45) is 3.87. The molecule has 1 amide bonds. The topological polar surface area (TPSA) is 79.7 Å². The summed E-state index contributed by atoms with van der Waals surface area (Å²) < 4.78 is 6.84. The van der Waals surface area contributed by atoms with Crippen molar-refractivity contribution in [3.05, 3.63) is 51.9 Å². The minimum absolute atomic E-state index is 0.0177. The highest BCUT2D eigenvalue weighted by Gasteiger charge is 2.23. The maximum Gasteiger partial charge on any atom is 0.292 e. The molecule has 0 radical (unpaired) electrons. The smallest absolute Gasteiger partial charge is 0.292 e. The molecule has 8 nitrogen and oxygen atoms in total. The van der Waals surface area contributed by atoms with E-state index in [0.29, 0.717) is 50.6 Å². The molecule has 1 atom stereocenters. The standard InChI is InChI=1S/C21H26ClN5O3/c22-20-18(14-24-27(21(20)29)16-5-2-1-3-6-16)26-10-8-25(9-11-26)15-19(28)23-13-17-7-4-12-30-17/h1-3,5-6,14,17H,4,7-13,15H2,(H,23,28). The molecule has 4 rings (SSSR count). The molecule has 1 aromatic carbocycles. The Morgan fingerprint density at radius 3 is 2.67 bits per heavy atom. The van der Waals surface area contributed by atoms with Crippen LogP contribution in [0, 0.1) is 0 Å². The number of aromatic nitrogens is 2. The maximum atomic E-state index is 12.7. The molecule has 3 heterocycles. The Morgan fingerprint density at radius 2 is 1.97 bits per heavy atom. The van der Waals surface area contributed by atoms with Crippen LogP contribution in [0.3, 0.4) is 0 Å². The Morgan fingerprint density at radius 1 is 1.20 bits per heavy atom. The number of para-hydroxylation sites is 1. The van der Waals surface area contributed by atoms with Gasteiger partial charge in [0.2, 0.25) is 5.91 Å². The van der Waals surface area contributed by atoms with Gasteiger partial charge in [-0.05, 0) is 25.0 Å². The van der Waals surface area contributed by atoms with Gasteiger partial charge in [0.05, 0.1) is 30.2 Å². The second kappa shape index (κ2) is 9.59. The van der Waals surface area contributed by atoms with Crippen molar-refractivity contribution in [2.45, 2.75) is 18.9 Å². The van der Waals surface area contributed by atoms with Gasteiger partial charge in [-0.15, -0.1) is 0 Å². The number of ether oxygens (including phenoxy) is 1. The monoisotopic (exact) mass is 431 g/mol. The molecule has 0 aliphatic carbocycles. The zero-order valence-electron chi connectivity index (χ0n) is 16.8. The third-order valence-electron chi connectivity index (χ3n) is 5.53. The number of carbonyl (C=O) groups is 1. The van der Waals surface area contributed by atoms with Crippen LogP contribution in [0.5, 0.6) is 0 Å². The van der Waals surface area contributed by atoms with Crippen LogP contribution in [0.25, 0.3) is 5.69 Å². The lowest BCUT2D eigenvalue weighted by Crippen LogP contribution is -2.50. The molecule has 0 saturated carbocycles. The number of carbonyl (C=O) groups excluding carboxylic acids is 1. The SMILES string of the molecule is O=C(CN1CCN(c2cnn(-c3ccccc3)c(=O)c2Cl)CC1)NCC1CCCO1. The van der Waals surface area contributed by atoms with Gasteiger partial charge in [0.15, 0.2) is 0 Å². The second-order valence-electron chi connectivity index (χ2n) is 7.60. The van der Waals surface area contributed by atoms with E-state index in [1.165, 1.54) is 4.68 Å². The average Bonchev–Trinajstić information content (AvgIpc) is 3.29. The van der Waals surface area contributed by atoms with Crippen molar-refractivity contribution in [3.63, 3.8) is 0 Å². The van der Waals surface area contributed by atoms with Crippen LogP contribution in [-0.4, -0.2) is 72.6 Å². The zero-order valence-corrected chi connectivity index (χ0v) is 17.6. The van der Waals surface area contributed by atoms with Crippen molar-refractivity contribution in [2.75, 3.05) is 50.8 Å². The van der Waals surface area contributed by atoms with Gasteiger partial charge in [-0.25, -0.2) is 0 Å². The largest absolute Gasteiger partial charge is 0.376 e. The van der Waals surface area contributed by atoms with Crippen LogP contribution in [0.15, 0.2) is 41.3 Å². The number of nitrogens with zero attached hydrogens (tertiary/aromatic N) is 4. The first-order valence-corrected chi connectivity index (χ1v) is 10.7. The Kier molecular flexibility index (Phi) is 6.66. The van der Waals surface area contributed by atoms with E-state index in [9.17, 15) is 9.59 Å². The number of hydrogen-bond acceptors (Lipinski definition) is 6. The fraction of sp³-hybridized carbons (Fsp3) is 0.476. The van der Waals surface area contributed by atoms with Gasteiger partial charge in [0, 0.05) is 39.3 Å². The van der Waals surface area contributed by atoms with Gasteiger partial charge in [-0.1, -0.05) is 29.8 Å². The van der Waals surface area contributed by atoms with E-state index in [0.717, 1.165) is 19.4 Å². The minimum Gasteiger partial charge on any atom is -0.376 e. The fourth-order valence-electron chi connectivity index (χ4n) is 3.84. The molecule has 2 saturated heterocycles. The quantitative estimate of drug-likeness (QED) is 0.742. The van der Waals surface area contributed by atoms with Crippen LogP contribution >= 0.6 is 11.6 Å². The lowest BCUT2D eigenvalue weighted by atomic mass is 10.2. The van der Waals surface area contributed by atoms with Crippen molar-refractivity contribution in [1.29, 1.82) is 0 Å². The summed E-state index contributed by atoms with van der Waals surface area (Å²) in [7, 11) is 0. The highest BCUT2D eigenvalue weighted by atomic mass is 35.5. The molecular weight excluding hydrogens is 406 g/mol. The van der Waals surface area contributed by atoms with Crippen LogP contribution in [-0.2, 0) is 9.53 Å². The first-order valence-electron chi connectivity index (χ1n) is 10.3. The van der Waals surface area contributed by atoms with Crippen LogP contribution in [0.2, 0.25) is 5.02 Å². The number of amides is 1. The first-order chi connectivity index (χ1) is 14.6. The maximum absolute atomic E-state index is 12.7. The number of rotatable bonds is 6. The molecule has 2 aromatic rings. The molecule has 2 aliphatic rings. The molecule has 30 heavy (non-hydrogen) atoms. The highest BCUT2D eigenvalue weighted by Crippen LogP contribution is 2.23. The molecular formula is C21H26ClN5O3. The Labute approximate surface area is 180 Å². The van der Waals surface area contributed by atoms with Gasteiger partial charge >= 0.3 is 0 Å². The van der Waals surface area contributed by atoms with Gasteiger partial charge in [0.1, 0.15) is 5.02 Å². The summed E-state index contributed by atoms with van der Waals surface area (Å²) in [5.41, 5.74) is 0.974. The van der Waals surface area contributed by atoms with E-state index >= 15 is 0 Å². The van der Waals surface area contributed by atoms with Gasteiger partial charge < -0.3 is 15.0 Å². The summed E-state index contributed by atoms with van der Waals surface area (Å²) in [6.45, 7) is 4.51. The molecule has 0 spiro atoms. The van der Waals surface area contributed by atoms with E-state index < -0.39 is 0 Å². The number of halogens is 1. The Balaban J connectivity index is 1.32. The van der Waals surface area contributed by atoms with E-state index in [-0.39, 0.29) is 22.6 Å². The predicted octanol–water partition coefficient (Wildman–Crippen LogP) is 1.30. The molecule has 1 N–H and O–H groups in total. The Bertz CT molecular complexity index is 922. The summed E-state index contributed by atoms with van der Waals surface area (Å²) in [5.74, 6) is 0.0177. The number of nitrogens with one attached hydrogen (secondary N) is 1. The van der Waals surface area contributed by atoms with Crippen LogP contribution in [0.4, 0.5) is 5.69 Å². The third kappa shape index (κ3) is 4.83. The van der Waals surface area contributed by atoms with E-state index in [2.05, 4.69) is 15.3 Å². The molecule has 9 heteroatoms. The van der Waals surface area contributed by atoms with Crippen molar-refractivity contribution in [1.82, 2.24) is 20.0 Å². The van der Waals surface area contributed by atoms with Gasteiger partial charge in [-0.3, -0.25) is 14.5 Å². The van der Waals surface area contributed by atoms with Crippen molar-refractivity contribution < 1.29 is 9.53 Å². The molecule has 0 bridgehead atoms. The van der Waals surface area contributed by atoms with Crippen molar-refractivity contribution in [2.24, 2.45) is 0 Å². The van der Waals surface area contributed by atoms with E-state index in [4.69, 9.17) is 16.3 Å². The summed E-state index contributed by atoms with van der Waals surface area (Å²) in [4.78, 5) is 29.0. The van der Waals surface area contributed by atoms with Crippen LogP contribution < -0.4 is 15.8 Å². The number of hydrogen-bond donors (Lipinski definition) is 1. The highest BCUT2D eigenvalue weighted by molar-refractivity contribution is 6.33. The third-order valence-corrected chi connectivity index (χ3v) is 5.89.